The molecular formula is C11H10F3NO5S. The van der Waals surface area contributed by atoms with Gasteiger partial charge in [-0.25, -0.2) is 4.79 Å². The predicted octanol–water partition coefficient (Wildman–Crippen LogP) is 1.70. The molecule has 0 aliphatic carbocycles. The molecule has 1 aromatic rings. The largest absolute Gasteiger partial charge is 0.523 e. The maximum absolute atomic E-state index is 12.2. The van der Waals surface area contributed by atoms with Crippen molar-refractivity contribution in [2.24, 2.45) is 0 Å². The van der Waals surface area contributed by atoms with E-state index in [2.05, 4.69) is 9.50 Å². The van der Waals surface area contributed by atoms with Crippen molar-refractivity contribution in [1.29, 1.82) is 0 Å². The molecule has 0 bridgehead atoms. The lowest BCUT2D eigenvalue weighted by Crippen LogP contribution is -2.32. The fourth-order valence-electron chi connectivity index (χ4n) is 1.77. The zero-order valence-electron chi connectivity index (χ0n) is 10.3. The Labute approximate surface area is 118 Å². The number of benzene rings is 1. The first-order valence-corrected chi connectivity index (χ1v) is 7.09. The Morgan fingerprint density at radius 1 is 1.24 bits per heavy atom. The SMILES string of the molecule is O=C1NC(c2ccccc2)C(COS(=O)(=O)C(F)(F)F)O1. The van der Waals surface area contributed by atoms with E-state index in [-0.39, 0.29) is 0 Å². The molecule has 0 radical (unpaired) electrons. The molecule has 1 fully saturated rings. The third-order valence-electron chi connectivity index (χ3n) is 2.73. The van der Waals surface area contributed by atoms with Gasteiger partial charge in [-0.1, -0.05) is 30.3 Å². The van der Waals surface area contributed by atoms with Crippen LogP contribution in [0.15, 0.2) is 30.3 Å². The standard InChI is InChI=1S/C11H10F3NO5S/c12-11(13,14)21(17,18)19-6-8-9(15-10(16)20-8)7-4-2-1-3-5-7/h1-5,8-9H,6H2,(H,15,16). The monoisotopic (exact) mass is 325 g/mol. The molecule has 10 heteroatoms. The zero-order chi connectivity index (χ0) is 15.7. The average molecular weight is 325 g/mol. The van der Waals surface area contributed by atoms with Gasteiger partial charge in [0, 0.05) is 0 Å². The van der Waals surface area contributed by atoms with Crippen LogP contribution in [0.25, 0.3) is 0 Å². The molecule has 0 aromatic heterocycles. The molecule has 1 aliphatic heterocycles. The molecule has 6 nitrogen and oxygen atoms in total. The molecule has 116 valence electrons. The second-order valence-electron chi connectivity index (χ2n) is 4.16. The smallest absolute Gasteiger partial charge is 0.441 e. The van der Waals surface area contributed by atoms with Gasteiger partial charge in [-0.05, 0) is 5.56 Å². The minimum absolute atomic E-state index is 0.557. The summed E-state index contributed by atoms with van der Waals surface area (Å²) < 4.78 is 66.8. The van der Waals surface area contributed by atoms with Gasteiger partial charge in [-0.2, -0.15) is 21.6 Å². The summed E-state index contributed by atoms with van der Waals surface area (Å²) >= 11 is 0. The number of alkyl carbamates (subject to hydrolysis) is 1. The Balaban J connectivity index is 2.10. The first kappa shape index (κ1) is 15.6. The van der Waals surface area contributed by atoms with Crippen LogP contribution in [0.4, 0.5) is 18.0 Å². The molecule has 2 rings (SSSR count). The maximum atomic E-state index is 12.2. The molecule has 0 saturated carbocycles. The lowest BCUT2D eigenvalue weighted by Gasteiger charge is -2.17. The number of carbonyl (C=O) groups excluding carboxylic acids is 1. The van der Waals surface area contributed by atoms with Crippen LogP contribution in [0.5, 0.6) is 0 Å². The lowest BCUT2D eigenvalue weighted by molar-refractivity contribution is -0.0563. The van der Waals surface area contributed by atoms with Crippen molar-refractivity contribution in [3.8, 4) is 0 Å². The van der Waals surface area contributed by atoms with Gasteiger partial charge in [-0.15, -0.1) is 0 Å². The highest BCUT2D eigenvalue weighted by Gasteiger charge is 2.48. The van der Waals surface area contributed by atoms with Gasteiger partial charge in [0.2, 0.25) is 0 Å². The van der Waals surface area contributed by atoms with Crippen molar-refractivity contribution in [3.05, 3.63) is 35.9 Å². The molecule has 21 heavy (non-hydrogen) atoms. The van der Waals surface area contributed by atoms with Gasteiger partial charge < -0.3 is 10.1 Å². The van der Waals surface area contributed by atoms with Gasteiger partial charge in [-0.3, -0.25) is 4.18 Å². The number of rotatable bonds is 4. The van der Waals surface area contributed by atoms with E-state index in [4.69, 9.17) is 4.74 Å². The van der Waals surface area contributed by atoms with Crippen LogP contribution in [0.2, 0.25) is 0 Å². The Kier molecular flexibility index (Phi) is 4.10. The number of amides is 1. The molecule has 2 unspecified atom stereocenters. The summed E-state index contributed by atoms with van der Waals surface area (Å²) in [5.74, 6) is 0. The number of ether oxygens (including phenoxy) is 1. The van der Waals surface area contributed by atoms with Crippen LogP contribution < -0.4 is 5.32 Å². The first-order valence-electron chi connectivity index (χ1n) is 5.68. The van der Waals surface area contributed by atoms with Crippen LogP contribution in [0, 0.1) is 0 Å². The molecule has 0 spiro atoms. The zero-order valence-corrected chi connectivity index (χ0v) is 11.1. The van der Waals surface area contributed by atoms with E-state index in [9.17, 15) is 26.4 Å². The van der Waals surface area contributed by atoms with E-state index in [0.29, 0.717) is 5.56 Å². The van der Waals surface area contributed by atoms with Gasteiger partial charge >= 0.3 is 21.7 Å². The summed E-state index contributed by atoms with van der Waals surface area (Å²) in [4.78, 5) is 11.2. The van der Waals surface area contributed by atoms with E-state index >= 15 is 0 Å². The quantitative estimate of drug-likeness (QED) is 0.673. The van der Waals surface area contributed by atoms with Crippen molar-refractivity contribution >= 4 is 16.2 Å². The van der Waals surface area contributed by atoms with Gasteiger partial charge in [0.1, 0.15) is 6.61 Å². The van der Waals surface area contributed by atoms with Crippen molar-refractivity contribution in [2.75, 3.05) is 6.61 Å². The van der Waals surface area contributed by atoms with E-state index in [1.165, 1.54) is 0 Å². The second-order valence-corrected chi connectivity index (χ2v) is 5.77. The molecule has 2 atom stereocenters. The maximum Gasteiger partial charge on any atom is 0.523 e. The number of carbonyl (C=O) groups is 1. The topological polar surface area (TPSA) is 81.7 Å². The second kappa shape index (κ2) is 5.53. The highest BCUT2D eigenvalue weighted by Crippen LogP contribution is 2.28. The van der Waals surface area contributed by atoms with Crippen molar-refractivity contribution in [3.63, 3.8) is 0 Å². The Hall–Kier alpha value is -1.81. The molecule has 1 amide bonds. The van der Waals surface area contributed by atoms with E-state index in [1.807, 2.05) is 0 Å². The number of hydrogen-bond donors (Lipinski definition) is 1. The van der Waals surface area contributed by atoms with Crippen molar-refractivity contribution in [1.82, 2.24) is 5.32 Å². The van der Waals surface area contributed by atoms with E-state index < -0.39 is 40.5 Å². The van der Waals surface area contributed by atoms with Crippen LogP contribution in [0.3, 0.4) is 0 Å². The van der Waals surface area contributed by atoms with Gasteiger partial charge in [0.25, 0.3) is 0 Å². The highest BCUT2D eigenvalue weighted by atomic mass is 32.2. The number of hydrogen-bond acceptors (Lipinski definition) is 5. The number of halogens is 3. The average Bonchev–Trinajstić information content (AvgIpc) is 2.77. The Morgan fingerprint density at radius 3 is 2.43 bits per heavy atom. The fraction of sp³-hybridized carbons (Fsp3) is 0.364. The normalized spacial score (nSPS) is 22.7. The summed E-state index contributed by atoms with van der Waals surface area (Å²) in [6, 6.07) is 7.47. The molecule has 1 aliphatic rings. The van der Waals surface area contributed by atoms with E-state index in [1.54, 1.807) is 30.3 Å². The number of cyclic esters (lactones) is 1. The fourth-order valence-corrected chi connectivity index (χ4v) is 2.22. The molecule has 1 aromatic carbocycles. The Bertz CT molecular complexity index is 616. The van der Waals surface area contributed by atoms with E-state index in [0.717, 1.165) is 0 Å². The first-order chi connectivity index (χ1) is 9.71. The van der Waals surface area contributed by atoms with Crippen LogP contribution in [0.1, 0.15) is 11.6 Å². The number of alkyl halides is 3. The molecule has 1 N–H and O–H groups in total. The van der Waals surface area contributed by atoms with Crippen LogP contribution >= 0.6 is 0 Å². The highest BCUT2D eigenvalue weighted by molar-refractivity contribution is 7.87. The minimum atomic E-state index is -5.73. The summed E-state index contributed by atoms with van der Waals surface area (Å²) in [5, 5.41) is 2.38. The number of nitrogens with one attached hydrogen (secondary N) is 1. The van der Waals surface area contributed by atoms with Crippen LogP contribution in [-0.2, 0) is 19.0 Å². The molecule has 1 saturated heterocycles. The summed E-state index contributed by atoms with van der Waals surface area (Å²) in [5.41, 5.74) is -4.97. The summed E-state index contributed by atoms with van der Waals surface area (Å²) in [6.45, 7) is -0.930. The third kappa shape index (κ3) is 3.45. The predicted molar refractivity (Wildman–Crippen MR) is 63.5 cm³/mol. The van der Waals surface area contributed by atoms with Crippen LogP contribution in [-0.4, -0.2) is 32.7 Å². The molecule has 1 heterocycles. The minimum Gasteiger partial charge on any atom is -0.441 e. The third-order valence-corrected chi connectivity index (χ3v) is 3.75. The van der Waals surface area contributed by atoms with Crippen molar-refractivity contribution in [2.45, 2.75) is 17.7 Å². The van der Waals surface area contributed by atoms with Crippen molar-refractivity contribution < 1.29 is 35.3 Å². The van der Waals surface area contributed by atoms with Gasteiger partial charge in [0.05, 0.1) is 6.04 Å². The summed E-state index contributed by atoms with van der Waals surface area (Å²) in [6.07, 6.45) is -2.04. The Morgan fingerprint density at radius 2 is 1.86 bits per heavy atom. The lowest BCUT2D eigenvalue weighted by atomic mass is 10.0. The summed E-state index contributed by atoms with van der Waals surface area (Å²) in [7, 11) is -5.73. The van der Waals surface area contributed by atoms with Gasteiger partial charge in [0.15, 0.2) is 6.10 Å². The molecular weight excluding hydrogens is 315 g/mol.